The molecule has 1 atom stereocenters. The smallest absolute Gasteiger partial charge is 0.251 e. The lowest BCUT2D eigenvalue weighted by Crippen LogP contribution is -2.45. The van der Waals surface area contributed by atoms with E-state index in [1.165, 1.54) is 36.2 Å². The van der Waals surface area contributed by atoms with E-state index in [1.54, 1.807) is 12.3 Å². The third kappa shape index (κ3) is 6.61. The predicted octanol–water partition coefficient (Wildman–Crippen LogP) is 3.20. The first-order chi connectivity index (χ1) is 16.1. The predicted molar refractivity (Wildman–Crippen MR) is 124 cm³/mol. The number of aromatic nitrogens is 1. The van der Waals surface area contributed by atoms with Gasteiger partial charge in [0, 0.05) is 23.1 Å². The van der Waals surface area contributed by atoms with Gasteiger partial charge in [-0.25, -0.2) is 9.37 Å². The minimum Gasteiger partial charge on any atom is -0.378 e. The molecule has 1 aromatic heterocycles. The van der Waals surface area contributed by atoms with Gasteiger partial charge in [0.25, 0.3) is 5.91 Å². The van der Waals surface area contributed by atoms with Crippen LogP contribution in [0.5, 0.6) is 0 Å². The van der Waals surface area contributed by atoms with E-state index >= 15 is 0 Å². The van der Waals surface area contributed by atoms with Crippen LogP contribution in [0, 0.1) is 5.82 Å². The molecule has 3 aromatic rings. The molecule has 0 spiro atoms. The van der Waals surface area contributed by atoms with Gasteiger partial charge in [-0.3, -0.25) is 14.3 Å². The molecule has 1 aliphatic heterocycles. The van der Waals surface area contributed by atoms with Crippen LogP contribution in [-0.2, 0) is 16.0 Å². The van der Waals surface area contributed by atoms with Crippen LogP contribution >= 0.6 is 11.9 Å². The highest BCUT2D eigenvalue weighted by molar-refractivity contribution is 7.97. The summed E-state index contributed by atoms with van der Waals surface area (Å²) in [5, 5.41) is 5.52. The molecule has 0 radical (unpaired) electrons. The number of amides is 2. The van der Waals surface area contributed by atoms with Crippen LogP contribution in [0.15, 0.2) is 77.8 Å². The second-order valence-electron chi connectivity index (χ2n) is 7.55. The third-order valence-corrected chi connectivity index (χ3v) is 5.91. The number of carbonyl (C=O) groups is 2. The largest absolute Gasteiger partial charge is 0.378 e. The summed E-state index contributed by atoms with van der Waals surface area (Å²) >= 11 is 1.46. The zero-order chi connectivity index (χ0) is 23.0. The van der Waals surface area contributed by atoms with E-state index in [0.29, 0.717) is 31.5 Å². The molecule has 1 fully saturated rings. The first-order valence-electron chi connectivity index (χ1n) is 10.4. The molecule has 1 aliphatic rings. The molecule has 2 heterocycles. The summed E-state index contributed by atoms with van der Waals surface area (Å²) < 4.78 is 21.6. The van der Waals surface area contributed by atoms with Gasteiger partial charge in [0.2, 0.25) is 5.91 Å². The first kappa shape index (κ1) is 22.9. The van der Waals surface area contributed by atoms with E-state index in [0.717, 1.165) is 10.5 Å². The summed E-state index contributed by atoms with van der Waals surface area (Å²) in [6.07, 6.45) is 1.96. The second kappa shape index (κ2) is 11.0. The van der Waals surface area contributed by atoms with Crippen LogP contribution < -0.4 is 15.4 Å². The maximum atomic E-state index is 13.2. The van der Waals surface area contributed by atoms with Crippen molar-refractivity contribution in [1.82, 2.24) is 15.0 Å². The van der Waals surface area contributed by atoms with Crippen LogP contribution in [-0.4, -0.2) is 42.1 Å². The number of pyridine rings is 1. The van der Waals surface area contributed by atoms with Gasteiger partial charge in [0.1, 0.15) is 17.7 Å². The molecule has 0 bridgehead atoms. The molecule has 4 rings (SSSR count). The highest BCUT2D eigenvalue weighted by Crippen LogP contribution is 2.18. The molecule has 2 amide bonds. The van der Waals surface area contributed by atoms with Gasteiger partial charge in [0.05, 0.1) is 19.3 Å². The number of benzene rings is 2. The standard InChI is InChI=1S/C24H23FN4O3S/c25-18-8-6-17(7-9-18)23(30)27-21(12-16-4-2-1-3-5-16)24(31)28-22-11-10-20(13-26-22)33-29-19-14-32-15-19/h1-11,13,19,21,29H,12,14-15H2,(H,27,30)(H,26,28,31). The molecule has 0 saturated carbocycles. The van der Waals surface area contributed by atoms with Gasteiger partial charge in [-0.15, -0.1) is 0 Å². The maximum absolute atomic E-state index is 13.2. The second-order valence-corrected chi connectivity index (χ2v) is 8.46. The number of hydrogen-bond acceptors (Lipinski definition) is 6. The van der Waals surface area contributed by atoms with Crippen LogP contribution in [0.1, 0.15) is 15.9 Å². The summed E-state index contributed by atoms with van der Waals surface area (Å²) in [5.41, 5.74) is 1.16. The molecule has 9 heteroatoms. The van der Waals surface area contributed by atoms with Gasteiger partial charge in [-0.05, 0) is 53.9 Å². The maximum Gasteiger partial charge on any atom is 0.251 e. The van der Waals surface area contributed by atoms with Crippen LogP contribution in [0.25, 0.3) is 0 Å². The van der Waals surface area contributed by atoms with Gasteiger partial charge in [-0.2, -0.15) is 0 Å². The van der Waals surface area contributed by atoms with Crippen molar-refractivity contribution in [1.29, 1.82) is 0 Å². The Balaban J connectivity index is 1.41. The molecular formula is C24H23FN4O3S. The Labute approximate surface area is 195 Å². The van der Waals surface area contributed by atoms with E-state index in [-0.39, 0.29) is 5.56 Å². The SMILES string of the molecule is O=C(NC(Cc1ccccc1)C(=O)Nc1ccc(SNC2COC2)cn1)c1ccc(F)cc1. The average Bonchev–Trinajstić information content (AvgIpc) is 2.80. The summed E-state index contributed by atoms with van der Waals surface area (Å²) in [6, 6.07) is 17.6. The van der Waals surface area contributed by atoms with Crippen molar-refractivity contribution < 1.29 is 18.7 Å². The molecule has 1 unspecified atom stereocenters. The van der Waals surface area contributed by atoms with Crippen molar-refractivity contribution in [2.24, 2.45) is 0 Å². The number of rotatable bonds is 9. The van der Waals surface area contributed by atoms with Crippen molar-refractivity contribution in [3.8, 4) is 0 Å². The highest BCUT2D eigenvalue weighted by atomic mass is 32.2. The summed E-state index contributed by atoms with van der Waals surface area (Å²) in [4.78, 5) is 30.9. The van der Waals surface area contributed by atoms with E-state index in [9.17, 15) is 14.0 Å². The van der Waals surface area contributed by atoms with Gasteiger partial charge in [0.15, 0.2) is 0 Å². The van der Waals surface area contributed by atoms with Crippen molar-refractivity contribution in [2.45, 2.75) is 23.4 Å². The van der Waals surface area contributed by atoms with Crippen molar-refractivity contribution in [3.63, 3.8) is 0 Å². The molecule has 7 nitrogen and oxygen atoms in total. The number of hydrogen-bond donors (Lipinski definition) is 3. The summed E-state index contributed by atoms with van der Waals surface area (Å²) in [7, 11) is 0. The lowest BCUT2D eigenvalue weighted by molar-refractivity contribution is -0.118. The third-order valence-electron chi connectivity index (χ3n) is 4.98. The molecule has 33 heavy (non-hydrogen) atoms. The van der Waals surface area contributed by atoms with Gasteiger partial charge >= 0.3 is 0 Å². The fraction of sp³-hybridized carbons (Fsp3) is 0.208. The Bertz CT molecular complexity index is 1080. The normalized spacial score (nSPS) is 14.2. The Hall–Kier alpha value is -3.27. The molecule has 3 N–H and O–H groups in total. The summed E-state index contributed by atoms with van der Waals surface area (Å²) in [6.45, 7) is 1.39. The minimum absolute atomic E-state index is 0.270. The molecular weight excluding hydrogens is 443 g/mol. The quantitative estimate of drug-likeness (QED) is 0.420. The van der Waals surface area contributed by atoms with Crippen molar-refractivity contribution >= 4 is 29.6 Å². The zero-order valence-corrected chi connectivity index (χ0v) is 18.5. The number of ether oxygens (including phenoxy) is 1. The average molecular weight is 467 g/mol. The van der Waals surface area contributed by atoms with Crippen LogP contribution in [0.2, 0.25) is 0 Å². The minimum atomic E-state index is -0.846. The number of nitrogens with one attached hydrogen (secondary N) is 3. The monoisotopic (exact) mass is 466 g/mol. The summed E-state index contributed by atoms with van der Waals surface area (Å²) in [5.74, 6) is -0.914. The van der Waals surface area contributed by atoms with E-state index in [1.807, 2.05) is 36.4 Å². The lowest BCUT2D eigenvalue weighted by atomic mass is 10.0. The van der Waals surface area contributed by atoms with E-state index in [2.05, 4.69) is 20.3 Å². The Morgan fingerprint density at radius 2 is 1.82 bits per heavy atom. The molecule has 170 valence electrons. The lowest BCUT2D eigenvalue weighted by Gasteiger charge is -2.26. The fourth-order valence-corrected chi connectivity index (χ4v) is 3.77. The topological polar surface area (TPSA) is 92.4 Å². The number of nitrogens with zero attached hydrogens (tertiary/aromatic N) is 1. The molecule has 1 saturated heterocycles. The number of anilines is 1. The van der Waals surface area contributed by atoms with Gasteiger partial charge < -0.3 is 15.4 Å². The van der Waals surface area contributed by atoms with Crippen molar-refractivity contribution in [2.75, 3.05) is 18.5 Å². The van der Waals surface area contributed by atoms with Crippen LogP contribution in [0.4, 0.5) is 10.2 Å². The van der Waals surface area contributed by atoms with E-state index in [4.69, 9.17) is 4.74 Å². The van der Waals surface area contributed by atoms with Crippen molar-refractivity contribution in [3.05, 3.63) is 89.9 Å². The number of halogens is 1. The van der Waals surface area contributed by atoms with E-state index < -0.39 is 23.7 Å². The zero-order valence-electron chi connectivity index (χ0n) is 17.7. The molecule has 2 aromatic carbocycles. The molecule has 0 aliphatic carbocycles. The van der Waals surface area contributed by atoms with Crippen LogP contribution in [0.3, 0.4) is 0 Å². The Morgan fingerprint density at radius 1 is 1.06 bits per heavy atom. The number of carbonyl (C=O) groups excluding carboxylic acids is 2. The highest BCUT2D eigenvalue weighted by Gasteiger charge is 2.23. The van der Waals surface area contributed by atoms with Gasteiger partial charge in [-0.1, -0.05) is 30.3 Å². The first-order valence-corrected chi connectivity index (χ1v) is 11.3. The fourth-order valence-electron chi connectivity index (χ4n) is 3.08. The Kier molecular flexibility index (Phi) is 7.66. The Morgan fingerprint density at radius 3 is 2.45 bits per heavy atom.